The molecule has 0 spiro atoms. The van der Waals surface area contributed by atoms with Crippen LogP contribution < -0.4 is 10.6 Å². The molecule has 0 atom stereocenters. The molecule has 0 unspecified atom stereocenters. The lowest BCUT2D eigenvalue weighted by Crippen LogP contribution is -2.29. The zero-order chi connectivity index (χ0) is 13.5. The maximum Gasteiger partial charge on any atom is 0.319 e. The molecular weight excluding hydrogens is 260 g/mol. The van der Waals surface area contributed by atoms with E-state index in [9.17, 15) is 4.79 Å². The molecule has 19 heavy (non-hydrogen) atoms. The van der Waals surface area contributed by atoms with Gasteiger partial charge in [-0.2, -0.15) is 0 Å². The second-order valence-corrected chi connectivity index (χ2v) is 4.83. The van der Waals surface area contributed by atoms with Crippen molar-refractivity contribution < 1.29 is 4.79 Å². The van der Waals surface area contributed by atoms with Gasteiger partial charge in [0.15, 0.2) is 0 Å². The van der Waals surface area contributed by atoms with Gasteiger partial charge in [-0.25, -0.2) is 4.79 Å². The van der Waals surface area contributed by atoms with Crippen LogP contribution >= 0.6 is 11.6 Å². The van der Waals surface area contributed by atoms with Gasteiger partial charge in [0.1, 0.15) is 0 Å². The van der Waals surface area contributed by atoms with E-state index in [2.05, 4.69) is 28.9 Å². The highest BCUT2D eigenvalue weighted by atomic mass is 35.5. The number of halogens is 1. The molecule has 4 heteroatoms. The number of hydrogen-bond acceptors (Lipinski definition) is 1. The molecule has 0 saturated heterocycles. The first-order chi connectivity index (χ1) is 9.24. The molecule has 2 rings (SSSR count). The SMILES string of the molecule is O=C(NCCC1=CCCC=C1)Nc1ccc(Cl)cc1. The van der Waals surface area contributed by atoms with Gasteiger partial charge in [0, 0.05) is 17.3 Å². The van der Waals surface area contributed by atoms with Gasteiger partial charge in [-0.3, -0.25) is 0 Å². The molecule has 3 nitrogen and oxygen atoms in total. The maximum atomic E-state index is 11.6. The van der Waals surface area contributed by atoms with E-state index >= 15 is 0 Å². The zero-order valence-corrected chi connectivity index (χ0v) is 11.4. The molecular formula is C15H17ClN2O. The second-order valence-electron chi connectivity index (χ2n) is 4.40. The Morgan fingerprint density at radius 2 is 2.00 bits per heavy atom. The van der Waals surface area contributed by atoms with Gasteiger partial charge in [0.25, 0.3) is 0 Å². The normalized spacial score (nSPS) is 13.8. The molecule has 0 aliphatic heterocycles. The topological polar surface area (TPSA) is 41.1 Å². The lowest BCUT2D eigenvalue weighted by molar-refractivity contribution is 0.252. The first-order valence-corrected chi connectivity index (χ1v) is 6.78. The minimum Gasteiger partial charge on any atom is -0.338 e. The number of rotatable bonds is 4. The monoisotopic (exact) mass is 276 g/mol. The number of allylic oxidation sites excluding steroid dienone is 3. The van der Waals surface area contributed by atoms with Crippen LogP contribution in [0.4, 0.5) is 10.5 Å². The van der Waals surface area contributed by atoms with Crippen LogP contribution in [-0.4, -0.2) is 12.6 Å². The largest absolute Gasteiger partial charge is 0.338 e. The Kier molecular flexibility index (Phi) is 5.04. The molecule has 0 saturated carbocycles. The minimum atomic E-state index is -0.192. The average Bonchev–Trinajstić information content (AvgIpc) is 2.43. The molecule has 1 aliphatic carbocycles. The third kappa shape index (κ3) is 4.79. The van der Waals surface area contributed by atoms with Crippen LogP contribution in [-0.2, 0) is 0 Å². The van der Waals surface area contributed by atoms with Gasteiger partial charge >= 0.3 is 6.03 Å². The van der Waals surface area contributed by atoms with Gasteiger partial charge in [-0.05, 0) is 43.5 Å². The van der Waals surface area contributed by atoms with Crippen molar-refractivity contribution in [3.8, 4) is 0 Å². The molecule has 0 bridgehead atoms. The van der Waals surface area contributed by atoms with Crippen LogP contribution in [0.15, 0.2) is 48.1 Å². The summed E-state index contributed by atoms with van der Waals surface area (Å²) < 4.78 is 0. The predicted molar refractivity (Wildman–Crippen MR) is 79.5 cm³/mol. The summed E-state index contributed by atoms with van der Waals surface area (Å²) in [5.74, 6) is 0. The fraction of sp³-hybridized carbons (Fsp3) is 0.267. The molecule has 2 amide bonds. The highest BCUT2D eigenvalue weighted by Gasteiger charge is 2.02. The highest BCUT2D eigenvalue weighted by molar-refractivity contribution is 6.30. The molecule has 1 aromatic carbocycles. The number of benzene rings is 1. The van der Waals surface area contributed by atoms with Crippen LogP contribution in [0, 0.1) is 0 Å². The number of anilines is 1. The summed E-state index contributed by atoms with van der Waals surface area (Å²) in [4.78, 5) is 11.6. The number of amides is 2. The Balaban J connectivity index is 1.71. The molecule has 1 aromatic rings. The van der Waals surface area contributed by atoms with Crippen molar-refractivity contribution in [2.24, 2.45) is 0 Å². The number of carbonyl (C=O) groups excluding carboxylic acids is 1. The summed E-state index contributed by atoms with van der Waals surface area (Å²) in [6.45, 7) is 0.635. The van der Waals surface area contributed by atoms with E-state index < -0.39 is 0 Å². The number of hydrogen-bond donors (Lipinski definition) is 2. The summed E-state index contributed by atoms with van der Waals surface area (Å²) in [5.41, 5.74) is 2.02. The van der Waals surface area contributed by atoms with Crippen LogP contribution in [0.5, 0.6) is 0 Å². The predicted octanol–water partition coefficient (Wildman–Crippen LogP) is 4.13. The first kappa shape index (κ1) is 13.7. The summed E-state index contributed by atoms with van der Waals surface area (Å²) in [6, 6.07) is 6.84. The fourth-order valence-electron chi connectivity index (χ4n) is 1.88. The number of nitrogens with one attached hydrogen (secondary N) is 2. The lowest BCUT2D eigenvalue weighted by atomic mass is 10.0. The van der Waals surface area contributed by atoms with Gasteiger partial charge in [0.05, 0.1) is 0 Å². The highest BCUT2D eigenvalue weighted by Crippen LogP contribution is 2.14. The Morgan fingerprint density at radius 1 is 1.21 bits per heavy atom. The van der Waals surface area contributed by atoms with Crippen molar-refractivity contribution in [1.82, 2.24) is 5.32 Å². The van der Waals surface area contributed by atoms with Gasteiger partial charge < -0.3 is 10.6 Å². The lowest BCUT2D eigenvalue weighted by Gasteiger charge is -2.09. The quantitative estimate of drug-likeness (QED) is 0.853. The van der Waals surface area contributed by atoms with E-state index in [1.165, 1.54) is 5.57 Å². The van der Waals surface area contributed by atoms with Gasteiger partial charge in [0.2, 0.25) is 0 Å². The van der Waals surface area contributed by atoms with E-state index in [1.807, 2.05) is 0 Å². The van der Waals surface area contributed by atoms with E-state index in [0.29, 0.717) is 11.6 Å². The zero-order valence-electron chi connectivity index (χ0n) is 10.7. The molecule has 1 aliphatic rings. The Bertz CT molecular complexity index is 491. The van der Waals surface area contributed by atoms with Gasteiger partial charge in [-0.1, -0.05) is 35.4 Å². The Morgan fingerprint density at radius 3 is 2.68 bits per heavy atom. The minimum absolute atomic E-state index is 0.192. The van der Waals surface area contributed by atoms with Crippen molar-refractivity contribution in [3.63, 3.8) is 0 Å². The molecule has 0 heterocycles. The summed E-state index contributed by atoms with van der Waals surface area (Å²) in [6.07, 6.45) is 9.60. The summed E-state index contributed by atoms with van der Waals surface area (Å²) in [5, 5.41) is 6.25. The standard InChI is InChI=1S/C15H17ClN2O/c16-13-6-8-14(9-7-13)18-15(19)17-11-10-12-4-2-1-3-5-12/h2,4-9H,1,3,10-11H2,(H2,17,18,19). The first-order valence-electron chi connectivity index (χ1n) is 6.40. The van der Waals surface area contributed by atoms with E-state index in [4.69, 9.17) is 11.6 Å². The van der Waals surface area contributed by atoms with E-state index in [-0.39, 0.29) is 6.03 Å². The van der Waals surface area contributed by atoms with Gasteiger partial charge in [-0.15, -0.1) is 0 Å². The third-order valence-electron chi connectivity index (χ3n) is 2.87. The Labute approximate surface area is 118 Å². The van der Waals surface area contributed by atoms with Crippen molar-refractivity contribution >= 4 is 23.3 Å². The van der Waals surface area contributed by atoms with Crippen LogP contribution in [0.3, 0.4) is 0 Å². The average molecular weight is 277 g/mol. The van der Waals surface area contributed by atoms with E-state index in [1.54, 1.807) is 24.3 Å². The summed E-state index contributed by atoms with van der Waals surface area (Å²) in [7, 11) is 0. The molecule has 0 radical (unpaired) electrons. The smallest absolute Gasteiger partial charge is 0.319 e. The Hall–Kier alpha value is -1.74. The summed E-state index contributed by atoms with van der Waals surface area (Å²) >= 11 is 5.78. The maximum absolute atomic E-state index is 11.6. The molecule has 100 valence electrons. The van der Waals surface area contributed by atoms with E-state index in [0.717, 1.165) is 24.9 Å². The van der Waals surface area contributed by atoms with Crippen molar-refractivity contribution in [1.29, 1.82) is 0 Å². The molecule has 0 fully saturated rings. The number of carbonyl (C=O) groups is 1. The number of urea groups is 1. The van der Waals surface area contributed by atoms with Crippen molar-refractivity contribution in [3.05, 3.63) is 53.1 Å². The van der Waals surface area contributed by atoms with Crippen molar-refractivity contribution in [2.45, 2.75) is 19.3 Å². The molecule has 2 N–H and O–H groups in total. The second kappa shape index (κ2) is 7.00. The third-order valence-corrected chi connectivity index (χ3v) is 3.13. The molecule has 0 aromatic heterocycles. The van der Waals surface area contributed by atoms with Crippen molar-refractivity contribution in [2.75, 3.05) is 11.9 Å². The van der Waals surface area contributed by atoms with Crippen LogP contribution in [0.1, 0.15) is 19.3 Å². The van der Waals surface area contributed by atoms with Crippen LogP contribution in [0.25, 0.3) is 0 Å². The fourth-order valence-corrected chi connectivity index (χ4v) is 2.01. The van der Waals surface area contributed by atoms with Crippen LogP contribution in [0.2, 0.25) is 5.02 Å².